The van der Waals surface area contributed by atoms with Gasteiger partial charge >= 0.3 is 0 Å². The average Bonchev–Trinajstić information content (AvgIpc) is 3.04. The van der Waals surface area contributed by atoms with Gasteiger partial charge in [-0.2, -0.15) is 0 Å². The molecule has 2 aromatic heterocycles. The zero-order chi connectivity index (χ0) is 11.9. The Kier molecular flexibility index (Phi) is 2.27. The van der Waals surface area contributed by atoms with Gasteiger partial charge in [0.25, 0.3) is 0 Å². The van der Waals surface area contributed by atoms with Gasteiger partial charge in [-0.3, -0.25) is 4.98 Å². The van der Waals surface area contributed by atoms with Crippen molar-refractivity contribution in [2.75, 3.05) is 6.54 Å². The molecule has 2 atom stereocenters. The molecule has 0 aromatic carbocycles. The van der Waals surface area contributed by atoms with Gasteiger partial charge in [-0.25, -0.2) is 0 Å². The van der Waals surface area contributed by atoms with Crippen molar-refractivity contribution in [3.8, 4) is 0 Å². The van der Waals surface area contributed by atoms with Gasteiger partial charge in [-0.1, -0.05) is 6.08 Å². The van der Waals surface area contributed by atoms with Crippen LogP contribution in [0.3, 0.4) is 0 Å². The number of hydrogen-bond acceptors (Lipinski definition) is 3. The van der Waals surface area contributed by atoms with E-state index in [1.165, 1.54) is 18.4 Å². The fourth-order valence-corrected chi connectivity index (χ4v) is 3.19. The normalized spacial score (nSPS) is 27.2. The first-order valence-electron chi connectivity index (χ1n) is 6.67. The molecule has 92 valence electrons. The molecule has 0 unspecified atom stereocenters. The molecule has 3 heterocycles. The quantitative estimate of drug-likeness (QED) is 0.832. The maximum atomic E-state index is 5.90. The van der Waals surface area contributed by atoms with Crippen molar-refractivity contribution >= 4 is 16.7 Å². The molecule has 0 spiro atoms. The predicted octanol–water partition coefficient (Wildman–Crippen LogP) is 2.98. The summed E-state index contributed by atoms with van der Waals surface area (Å²) in [7, 11) is 0. The lowest BCUT2D eigenvalue weighted by Crippen LogP contribution is -2.29. The van der Waals surface area contributed by atoms with Crippen molar-refractivity contribution in [1.82, 2.24) is 10.3 Å². The number of rotatable bonds is 1. The van der Waals surface area contributed by atoms with E-state index in [2.05, 4.69) is 22.4 Å². The largest absolute Gasteiger partial charge is 0.455 e. The number of pyridine rings is 1. The molecule has 2 aromatic rings. The number of hydrogen-bond donors (Lipinski definition) is 1. The van der Waals surface area contributed by atoms with Crippen molar-refractivity contribution in [1.29, 1.82) is 0 Å². The van der Waals surface area contributed by atoms with Gasteiger partial charge in [-0.15, -0.1) is 0 Å². The predicted molar refractivity (Wildman–Crippen MR) is 71.1 cm³/mol. The smallest absolute Gasteiger partial charge is 0.153 e. The molecule has 3 heteroatoms. The second-order valence-electron chi connectivity index (χ2n) is 5.28. The molecule has 0 radical (unpaired) electrons. The third-order valence-corrected chi connectivity index (χ3v) is 4.20. The molecule has 0 bridgehead atoms. The van der Waals surface area contributed by atoms with Crippen molar-refractivity contribution < 1.29 is 4.42 Å². The van der Waals surface area contributed by atoms with Gasteiger partial charge in [0, 0.05) is 18.3 Å². The molecule has 0 saturated carbocycles. The summed E-state index contributed by atoms with van der Waals surface area (Å²) in [6.45, 7) is 1.16. The van der Waals surface area contributed by atoms with E-state index in [0.717, 1.165) is 35.7 Å². The maximum Gasteiger partial charge on any atom is 0.153 e. The van der Waals surface area contributed by atoms with E-state index in [1.807, 2.05) is 18.3 Å². The SMILES string of the molecule is C1=C(c2cc3ncccc3o2)C[C@@H]2NCC[C@@H]2C1. The number of fused-ring (bicyclic) bond motifs is 2. The van der Waals surface area contributed by atoms with Crippen LogP contribution in [0.5, 0.6) is 0 Å². The minimum absolute atomic E-state index is 0.645. The molecule has 3 nitrogen and oxygen atoms in total. The Morgan fingerprint density at radius 2 is 2.39 bits per heavy atom. The summed E-state index contributed by atoms with van der Waals surface area (Å²) in [6, 6.07) is 6.60. The molecule has 1 N–H and O–H groups in total. The maximum absolute atomic E-state index is 5.90. The van der Waals surface area contributed by atoms with Crippen molar-refractivity contribution in [3.63, 3.8) is 0 Å². The molecule has 4 rings (SSSR count). The van der Waals surface area contributed by atoms with Crippen molar-refractivity contribution in [2.45, 2.75) is 25.3 Å². The number of allylic oxidation sites excluding steroid dienone is 1. The van der Waals surface area contributed by atoms with E-state index in [9.17, 15) is 0 Å². The van der Waals surface area contributed by atoms with Crippen molar-refractivity contribution in [3.05, 3.63) is 36.2 Å². The summed E-state index contributed by atoms with van der Waals surface area (Å²) in [5.74, 6) is 1.83. The van der Waals surface area contributed by atoms with Gasteiger partial charge in [0.15, 0.2) is 5.58 Å². The van der Waals surface area contributed by atoms with E-state index < -0.39 is 0 Å². The van der Waals surface area contributed by atoms with E-state index in [-0.39, 0.29) is 0 Å². The lowest BCUT2D eigenvalue weighted by molar-refractivity contribution is 0.440. The summed E-state index contributed by atoms with van der Waals surface area (Å²) < 4.78 is 5.90. The third-order valence-electron chi connectivity index (χ3n) is 4.20. The fourth-order valence-electron chi connectivity index (χ4n) is 3.19. The number of aromatic nitrogens is 1. The van der Waals surface area contributed by atoms with E-state index >= 15 is 0 Å². The van der Waals surface area contributed by atoms with Gasteiger partial charge in [-0.05, 0) is 49.4 Å². The summed E-state index contributed by atoms with van der Waals surface area (Å²) in [5, 5.41) is 3.59. The van der Waals surface area contributed by atoms with Crippen LogP contribution in [0.15, 0.2) is 34.9 Å². The Balaban J connectivity index is 1.70. The van der Waals surface area contributed by atoms with Crippen LogP contribution in [-0.2, 0) is 0 Å². The number of nitrogens with zero attached hydrogens (tertiary/aromatic N) is 1. The van der Waals surface area contributed by atoms with Gasteiger partial charge in [0.05, 0.1) is 0 Å². The van der Waals surface area contributed by atoms with Gasteiger partial charge in [0.2, 0.25) is 0 Å². The van der Waals surface area contributed by atoms with Gasteiger partial charge < -0.3 is 9.73 Å². The minimum atomic E-state index is 0.645. The van der Waals surface area contributed by atoms with Crippen LogP contribution >= 0.6 is 0 Å². The average molecular weight is 240 g/mol. The standard InChI is InChI=1S/C15H16N2O/c1-2-14-13(16-6-1)9-15(18-14)11-4-3-10-5-7-17-12(10)8-11/h1-2,4,6,9-10,12,17H,3,5,7-8H2/t10-,12-/m0/s1. The first kappa shape index (κ1) is 10.3. The zero-order valence-electron chi connectivity index (χ0n) is 10.2. The minimum Gasteiger partial charge on any atom is -0.455 e. The fraction of sp³-hybridized carbons (Fsp3) is 0.400. The van der Waals surface area contributed by atoms with Crippen molar-refractivity contribution in [2.24, 2.45) is 5.92 Å². The summed E-state index contributed by atoms with van der Waals surface area (Å²) >= 11 is 0. The van der Waals surface area contributed by atoms with Gasteiger partial charge in [0.1, 0.15) is 11.3 Å². The monoisotopic (exact) mass is 240 g/mol. The highest BCUT2D eigenvalue weighted by Gasteiger charge is 2.30. The molecular weight excluding hydrogens is 224 g/mol. The van der Waals surface area contributed by atoms with Crippen LogP contribution in [-0.4, -0.2) is 17.6 Å². The Labute approximate surface area is 106 Å². The Bertz CT molecular complexity index is 581. The second kappa shape index (κ2) is 3.95. The van der Waals surface area contributed by atoms with Crippen LogP contribution < -0.4 is 5.32 Å². The lowest BCUT2D eigenvalue weighted by atomic mass is 9.85. The van der Waals surface area contributed by atoms with Crippen LogP contribution in [0.25, 0.3) is 16.7 Å². The molecule has 1 fully saturated rings. The molecule has 1 aliphatic heterocycles. The highest BCUT2D eigenvalue weighted by atomic mass is 16.3. The number of nitrogens with one attached hydrogen (secondary N) is 1. The van der Waals surface area contributed by atoms with E-state index in [0.29, 0.717) is 6.04 Å². The van der Waals surface area contributed by atoms with Crippen LogP contribution in [0.4, 0.5) is 0 Å². The number of furan rings is 1. The molecule has 2 aliphatic rings. The Hall–Kier alpha value is -1.61. The molecule has 1 aliphatic carbocycles. The first-order chi connectivity index (χ1) is 8.90. The first-order valence-corrected chi connectivity index (χ1v) is 6.67. The topological polar surface area (TPSA) is 38.1 Å². The van der Waals surface area contributed by atoms with E-state index in [1.54, 1.807) is 0 Å². The zero-order valence-corrected chi connectivity index (χ0v) is 10.2. The third kappa shape index (κ3) is 1.58. The molecular formula is C15H16N2O. The summed E-state index contributed by atoms with van der Waals surface area (Å²) in [6.07, 6.45) is 7.75. The van der Waals surface area contributed by atoms with Crippen LogP contribution in [0, 0.1) is 5.92 Å². The Morgan fingerprint density at radius 1 is 1.39 bits per heavy atom. The molecule has 0 amide bonds. The summed E-state index contributed by atoms with van der Waals surface area (Å²) in [5.41, 5.74) is 3.17. The van der Waals surface area contributed by atoms with Crippen LogP contribution in [0.2, 0.25) is 0 Å². The Morgan fingerprint density at radius 3 is 3.33 bits per heavy atom. The summed E-state index contributed by atoms with van der Waals surface area (Å²) in [4.78, 5) is 4.33. The van der Waals surface area contributed by atoms with E-state index in [4.69, 9.17) is 4.42 Å². The highest BCUT2D eigenvalue weighted by Crippen LogP contribution is 2.36. The second-order valence-corrected chi connectivity index (χ2v) is 5.28. The highest BCUT2D eigenvalue weighted by molar-refractivity contribution is 5.78. The molecule has 1 saturated heterocycles. The van der Waals surface area contributed by atoms with Crippen LogP contribution in [0.1, 0.15) is 25.0 Å². The molecule has 18 heavy (non-hydrogen) atoms. The lowest BCUT2D eigenvalue weighted by Gasteiger charge is -2.24.